The van der Waals surface area contributed by atoms with Crippen LogP contribution < -0.4 is 19.5 Å². The Morgan fingerprint density at radius 3 is 2.96 bits per heavy atom. The number of hydrogen-bond donors (Lipinski definition) is 2. The summed E-state index contributed by atoms with van der Waals surface area (Å²) >= 11 is 0. The minimum atomic E-state index is -0.776. The molecular weight excluding hydrogens is 301 g/mol. The Balaban J connectivity index is 1.61. The molecule has 2 N–H and O–H groups in total. The Labute approximate surface area is 133 Å². The van der Waals surface area contributed by atoms with Gasteiger partial charge in [0.25, 0.3) is 0 Å². The fourth-order valence-corrected chi connectivity index (χ4v) is 2.47. The van der Waals surface area contributed by atoms with Crippen molar-refractivity contribution in [1.29, 1.82) is 0 Å². The SMILES string of the molecule is COc1cc(CNC[C@H](O)c2cccc(F)c2)cc2c1OCO2. The second-order valence-corrected chi connectivity index (χ2v) is 5.23. The third kappa shape index (κ3) is 3.55. The number of aliphatic hydroxyl groups is 1. The average Bonchev–Trinajstić information content (AvgIpc) is 3.02. The molecule has 6 heteroatoms. The van der Waals surface area contributed by atoms with E-state index in [-0.39, 0.29) is 12.6 Å². The molecule has 5 nitrogen and oxygen atoms in total. The summed E-state index contributed by atoms with van der Waals surface area (Å²) in [5.74, 6) is 1.51. The maximum Gasteiger partial charge on any atom is 0.231 e. The number of benzene rings is 2. The molecule has 0 radical (unpaired) electrons. The zero-order chi connectivity index (χ0) is 16.2. The van der Waals surface area contributed by atoms with Gasteiger partial charge in [-0.3, -0.25) is 0 Å². The number of aliphatic hydroxyl groups excluding tert-OH is 1. The maximum atomic E-state index is 13.2. The van der Waals surface area contributed by atoms with E-state index in [4.69, 9.17) is 14.2 Å². The number of ether oxygens (including phenoxy) is 3. The molecule has 2 aromatic carbocycles. The number of halogens is 1. The molecule has 1 aliphatic heterocycles. The maximum absolute atomic E-state index is 13.2. The van der Waals surface area contributed by atoms with Crippen molar-refractivity contribution in [3.63, 3.8) is 0 Å². The van der Waals surface area contributed by atoms with Crippen LogP contribution in [0.2, 0.25) is 0 Å². The van der Waals surface area contributed by atoms with Crippen molar-refractivity contribution in [3.05, 3.63) is 53.3 Å². The van der Waals surface area contributed by atoms with E-state index < -0.39 is 6.10 Å². The van der Waals surface area contributed by atoms with Crippen LogP contribution in [0.15, 0.2) is 36.4 Å². The van der Waals surface area contributed by atoms with Crippen molar-refractivity contribution >= 4 is 0 Å². The largest absolute Gasteiger partial charge is 0.493 e. The van der Waals surface area contributed by atoms with Crippen LogP contribution in [0, 0.1) is 5.82 Å². The molecular formula is C17H18FNO4. The lowest BCUT2D eigenvalue weighted by Gasteiger charge is -2.13. The van der Waals surface area contributed by atoms with E-state index in [0.717, 1.165) is 5.56 Å². The molecule has 23 heavy (non-hydrogen) atoms. The van der Waals surface area contributed by atoms with Gasteiger partial charge in [-0.25, -0.2) is 4.39 Å². The molecule has 0 bridgehead atoms. The Kier molecular flexibility index (Phi) is 4.64. The highest BCUT2D eigenvalue weighted by atomic mass is 19.1. The summed E-state index contributed by atoms with van der Waals surface area (Å²) in [5.41, 5.74) is 1.48. The molecule has 0 aliphatic carbocycles. The summed E-state index contributed by atoms with van der Waals surface area (Å²) in [5, 5.41) is 13.2. The van der Waals surface area contributed by atoms with Gasteiger partial charge in [0.05, 0.1) is 13.2 Å². The third-order valence-corrected chi connectivity index (χ3v) is 3.62. The molecule has 0 unspecified atom stereocenters. The van der Waals surface area contributed by atoms with Crippen molar-refractivity contribution in [3.8, 4) is 17.2 Å². The van der Waals surface area contributed by atoms with Gasteiger partial charge in [0, 0.05) is 13.1 Å². The summed E-state index contributed by atoms with van der Waals surface area (Å²) < 4.78 is 29.2. The molecule has 3 rings (SSSR count). The van der Waals surface area contributed by atoms with Crippen LogP contribution in [0.25, 0.3) is 0 Å². The molecule has 0 fully saturated rings. The topological polar surface area (TPSA) is 60.0 Å². The first-order chi connectivity index (χ1) is 11.2. The molecule has 0 spiro atoms. The number of hydrogen-bond acceptors (Lipinski definition) is 5. The predicted molar refractivity (Wildman–Crippen MR) is 82.2 cm³/mol. The average molecular weight is 319 g/mol. The summed E-state index contributed by atoms with van der Waals surface area (Å²) in [6.45, 7) is 1.00. The van der Waals surface area contributed by atoms with E-state index in [1.807, 2.05) is 12.1 Å². The lowest BCUT2D eigenvalue weighted by molar-refractivity contribution is 0.171. The van der Waals surface area contributed by atoms with E-state index in [9.17, 15) is 9.50 Å². The Morgan fingerprint density at radius 1 is 1.30 bits per heavy atom. The number of nitrogens with one attached hydrogen (secondary N) is 1. The second kappa shape index (κ2) is 6.85. The Hall–Kier alpha value is -2.31. The van der Waals surface area contributed by atoms with Crippen molar-refractivity contribution in [2.45, 2.75) is 12.6 Å². The van der Waals surface area contributed by atoms with Gasteiger partial charge in [-0.1, -0.05) is 12.1 Å². The first-order valence-electron chi connectivity index (χ1n) is 7.28. The van der Waals surface area contributed by atoms with Gasteiger partial charge in [0.2, 0.25) is 12.5 Å². The van der Waals surface area contributed by atoms with Gasteiger partial charge >= 0.3 is 0 Å². The van der Waals surface area contributed by atoms with E-state index in [0.29, 0.717) is 35.9 Å². The number of rotatable bonds is 6. The number of methoxy groups -OCH3 is 1. The van der Waals surface area contributed by atoms with Crippen LogP contribution in [0.3, 0.4) is 0 Å². The first kappa shape index (κ1) is 15.6. The minimum Gasteiger partial charge on any atom is -0.493 e. The van der Waals surface area contributed by atoms with Crippen molar-refractivity contribution in [1.82, 2.24) is 5.32 Å². The highest BCUT2D eigenvalue weighted by Crippen LogP contribution is 2.41. The van der Waals surface area contributed by atoms with E-state index in [2.05, 4.69) is 5.32 Å². The quantitative estimate of drug-likeness (QED) is 0.856. The fourth-order valence-electron chi connectivity index (χ4n) is 2.47. The van der Waals surface area contributed by atoms with E-state index >= 15 is 0 Å². The zero-order valence-electron chi connectivity index (χ0n) is 12.7. The van der Waals surface area contributed by atoms with Gasteiger partial charge in [-0.15, -0.1) is 0 Å². The van der Waals surface area contributed by atoms with E-state index in [1.54, 1.807) is 19.2 Å². The van der Waals surface area contributed by atoms with Crippen molar-refractivity contribution in [2.75, 3.05) is 20.4 Å². The van der Waals surface area contributed by atoms with E-state index in [1.165, 1.54) is 12.1 Å². The van der Waals surface area contributed by atoms with Gasteiger partial charge < -0.3 is 24.6 Å². The fraction of sp³-hybridized carbons (Fsp3) is 0.294. The van der Waals surface area contributed by atoms with Gasteiger partial charge in [-0.2, -0.15) is 0 Å². The molecule has 2 aromatic rings. The van der Waals surface area contributed by atoms with Crippen molar-refractivity contribution in [2.24, 2.45) is 0 Å². The summed E-state index contributed by atoms with van der Waals surface area (Å²) in [4.78, 5) is 0. The van der Waals surface area contributed by atoms with Gasteiger partial charge in [0.1, 0.15) is 5.82 Å². The van der Waals surface area contributed by atoms with Crippen LogP contribution in [0.1, 0.15) is 17.2 Å². The monoisotopic (exact) mass is 319 g/mol. The molecule has 122 valence electrons. The van der Waals surface area contributed by atoms with Crippen LogP contribution in [0.4, 0.5) is 4.39 Å². The summed E-state index contributed by atoms with van der Waals surface area (Å²) in [7, 11) is 1.57. The molecule has 0 saturated carbocycles. The molecule has 0 saturated heterocycles. The molecule has 1 heterocycles. The standard InChI is InChI=1S/C17H18FNO4/c1-21-15-5-11(6-16-17(15)23-10-22-16)8-19-9-14(20)12-3-2-4-13(18)7-12/h2-7,14,19-20H,8-10H2,1H3/t14-/m0/s1. The lowest BCUT2D eigenvalue weighted by Crippen LogP contribution is -2.21. The molecule has 0 amide bonds. The first-order valence-corrected chi connectivity index (χ1v) is 7.28. The second-order valence-electron chi connectivity index (χ2n) is 5.23. The zero-order valence-corrected chi connectivity index (χ0v) is 12.7. The van der Waals surface area contributed by atoms with Gasteiger partial charge in [-0.05, 0) is 35.4 Å². The highest BCUT2D eigenvalue weighted by Gasteiger charge is 2.20. The normalized spacial score (nSPS) is 13.9. The predicted octanol–water partition coefficient (Wildman–Crippen LogP) is 2.39. The van der Waals surface area contributed by atoms with Gasteiger partial charge in [0.15, 0.2) is 11.5 Å². The Bertz CT molecular complexity index is 692. The molecule has 1 aliphatic rings. The van der Waals surface area contributed by atoms with Crippen molar-refractivity contribution < 1.29 is 23.7 Å². The van der Waals surface area contributed by atoms with Crippen LogP contribution >= 0.6 is 0 Å². The summed E-state index contributed by atoms with van der Waals surface area (Å²) in [6.07, 6.45) is -0.776. The lowest BCUT2D eigenvalue weighted by atomic mass is 10.1. The third-order valence-electron chi connectivity index (χ3n) is 3.62. The highest BCUT2D eigenvalue weighted by molar-refractivity contribution is 5.55. The molecule has 1 atom stereocenters. The minimum absolute atomic E-state index is 0.181. The van der Waals surface area contributed by atoms with Crippen LogP contribution in [0.5, 0.6) is 17.2 Å². The summed E-state index contributed by atoms with van der Waals surface area (Å²) in [6, 6.07) is 9.68. The van der Waals surface area contributed by atoms with Crippen LogP contribution in [-0.2, 0) is 6.54 Å². The van der Waals surface area contributed by atoms with Crippen LogP contribution in [-0.4, -0.2) is 25.6 Å². The molecule has 0 aromatic heterocycles. The Morgan fingerprint density at radius 2 is 2.17 bits per heavy atom. The smallest absolute Gasteiger partial charge is 0.231 e. The number of fused-ring (bicyclic) bond motifs is 1.